The summed E-state index contributed by atoms with van der Waals surface area (Å²) in [5.74, 6) is -1.90. The first-order valence-corrected chi connectivity index (χ1v) is 22.3. The fourth-order valence-corrected chi connectivity index (χ4v) is 11.9. The zero-order valence-corrected chi connectivity index (χ0v) is 36.8. The van der Waals surface area contributed by atoms with Crippen LogP contribution in [0.15, 0.2) is 96.1 Å². The Labute approximate surface area is 359 Å². The molecule has 7 nitrogen and oxygen atoms in total. The van der Waals surface area contributed by atoms with Gasteiger partial charge in [-0.05, 0) is 94.6 Å². The van der Waals surface area contributed by atoms with Gasteiger partial charge in [-0.15, -0.1) is 45.3 Å². The summed E-state index contributed by atoms with van der Waals surface area (Å²) in [6.45, 7) is 15.1. The minimum absolute atomic E-state index is 0.0157. The van der Waals surface area contributed by atoms with Gasteiger partial charge in [0.15, 0.2) is 0 Å². The van der Waals surface area contributed by atoms with Gasteiger partial charge in [-0.3, -0.25) is 0 Å². The first-order valence-electron chi connectivity index (χ1n) is 19.0. The Morgan fingerprint density at radius 1 is 0.610 bits per heavy atom. The Hall–Kier alpha value is -5.82. The number of benzene rings is 3. The number of hydrogen-bond donors (Lipinski definition) is 2. The van der Waals surface area contributed by atoms with Crippen molar-refractivity contribution in [3.63, 3.8) is 0 Å². The van der Waals surface area contributed by atoms with Gasteiger partial charge >= 0.3 is 11.9 Å². The number of anilines is 3. The highest BCUT2D eigenvalue weighted by atomic mass is 32.1. The summed E-state index contributed by atoms with van der Waals surface area (Å²) >= 11 is 6.40. The average molecular weight is 852 g/mol. The predicted molar refractivity (Wildman–Crippen MR) is 248 cm³/mol. The van der Waals surface area contributed by atoms with E-state index in [1.165, 1.54) is 50.1 Å². The maximum absolute atomic E-state index is 11.8. The predicted octanol–water partition coefficient (Wildman–Crippen LogP) is 14.6. The van der Waals surface area contributed by atoms with E-state index in [9.17, 15) is 30.3 Å². The zero-order valence-electron chi connectivity index (χ0n) is 33.6. The lowest BCUT2D eigenvalue weighted by atomic mass is 9.87. The molecular weight excluding hydrogens is 811 g/mol. The number of rotatable bonds is 11. The molecule has 0 unspecified atom stereocenters. The van der Waals surface area contributed by atoms with Crippen molar-refractivity contribution in [1.29, 1.82) is 10.5 Å². The lowest BCUT2D eigenvalue weighted by Crippen LogP contribution is -2.13. The molecule has 7 aromatic rings. The van der Waals surface area contributed by atoms with Crippen LogP contribution in [0, 0.1) is 22.7 Å². The molecule has 0 radical (unpaired) electrons. The summed E-state index contributed by atoms with van der Waals surface area (Å²) in [6, 6.07) is 33.4. The number of aliphatic carboxylic acids is 2. The van der Waals surface area contributed by atoms with Gasteiger partial charge in [0.05, 0.1) is 19.2 Å². The lowest BCUT2D eigenvalue weighted by Gasteiger charge is -2.27. The summed E-state index contributed by atoms with van der Waals surface area (Å²) < 4.78 is 2.15. The lowest BCUT2D eigenvalue weighted by molar-refractivity contribution is -0.133. The van der Waals surface area contributed by atoms with E-state index >= 15 is 0 Å². The van der Waals surface area contributed by atoms with E-state index in [0.29, 0.717) is 11.8 Å². The smallest absolute Gasteiger partial charge is 0.346 e. The van der Waals surface area contributed by atoms with Crippen molar-refractivity contribution in [2.45, 2.75) is 65.7 Å². The van der Waals surface area contributed by atoms with Crippen molar-refractivity contribution < 1.29 is 19.8 Å². The molecule has 0 aliphatic rings. The average Bonchev–Trinajstić information content (AvgIpc) is 3.98. The van der Waals surface area contributed by atoms with Gasteiger partial charge in [-0.2, -0.15) is 10.5 Å². The second kappa shape index (κ2) is 16.4. The molecule has 2 N–H and O–H groups in total. The normalized spacial score (nSPS) is 12.4. The number of carbonyl (C=O) groups is 2. The topological polar surface area (TPSA) is 125 Å². The van der Waals surface area contributed by atoms with Crippen LogP contribution in [0.25, 0.3) is 53.2 Å². The van der Waals surface area contributed by atoms with Crippen LogP contribution in [0.5, 0.6) is 0 Å². The molecular formula is C48H41N3O4S4. The van der Waals surface area contributed by atoms with E-state index in [0.717, 1.165) is 67.9 Å². The molecule has 0 spiro atoms. The number of carboxylic acid groups (broad SMARTS) is 2. The van der Waals surface area contributed by atoms with E-state index in [2.05, 4.69) is 138 Å². The number of nitrogens with zero attached hydrogens (tertiary/aromatic N) is 3. The van der Waals surface area contributed by atoms with E-state index in [1.807, 2.05) is 12.1 Å². The number of nitriles is 2. The van der Waals surface area contributed by atoms with Crippen LogP contribution in [0.2, 0.25) is 0 Å². The minimum Gasteiger partial charge on any atom is -0.477 e. The van der Waals surface area contributed by atoms with E-state index in [-0.39, 0.29) is 16.6 Å². The molecule has 4 heterocycles. The second-order valence-electron chi connectivity index (χ2n) is 15.9. The highest BCUT2D eigenvalue weighted by Crippen LogP contribution is 2.48. The van der Waals surface area contributed by atoms with Crippen LogP contribution in [-0.4, -0.2) is 22.2 Å². The van der Waals surface area contributed by atoms with E-state index in [4.69, 9.17) is 0 Å². The van der Waals surface area contributed by atoms with Crippen molar-refractivity contribution in [2.24, 2.45) is 0 Å². The molecule has 7 rings (SSSR count). The monoisotopic (exact) mass is 851 g/mol. The van der Waals surface area contributed by atoms with Gasteiger partial charge in [-0.1, -0.05) is 84.9 Å². The van der Waals surface area contributed by atoms with Crippen LogP contribution in [0.4, 0.5) is 17.1 Å². The van der Waals surface area contributed by atoms with Crippen molar-refractivity contribution in [1.82, 2.24) is 0 Å². The van der Waals surface area contributed by atoms with Crippen molar-refractivity contribution in [2.75, 3.05) is 4.90 Å². The molecule has 11 heteroatoms. The van der Waals surface area contributed by atoms with Crippen molar-refractivity contribution >= 4 is 107 Å². The van der Waals surface area contributed by atoms with Crippen LogP contribution in [-0.2, 0) is 15.0 Å². The van der Waals surface area contributed by atoms with Crippen molar-refractivity contribution in [3.05, 3.63) is 121 Å². The Kier molecular flexibility index (Phi) is 11.5. The molecule has 0 saturated carbocycles. The van der Waals surface area contributed by atoms with Gasteiger partial charge < -0.3 is 15.1 Å². The molecule has 0 amide bonds. The van der Waals surface area contributed by atoms with E-state index in [1.54, 1.807) is 22.7 Å². The summed E-state index contributed by atoms with van der Waals surface area (Å²) in [5.41, 5.74) is 5.51. The third-order valence-corrected chi connectivity index (χ3v) is 15.6. The SMILES string of the molecule is CC(C)c1cc2c(/C=C(\C#N)C(=O)O)sc(-c3ccc(N(c4ccc(-c5sc(/C=C(\C#N)C(=O)O)c6cc(C(C)C)sc56)cc4)c4ccc(C(C)(C)C)cc4)cc3)c2s1. The second-order valence-corrected chi connectivity index (χ2v) is 20.1. The molecule has 0 saturated heterocycles. The fraction of sp³-hybridized carbons (Fsp3) is 0.208. The third-order valence-electron chi connectivity index (χ3n) is 10.0. The van der Waals surface area contributed by atoms with Gasteiger partial charge in [0.25, 0.3) is 0 Å². The quantitative estimate of drug-likeness (QED) is 0.0980. The molecule has 59 heavy (non-hydrogen) atoms. The summed E-state index contributed by atoms with van der Waals surface area (Å²) in [7, 11) is 0. The number of hydrogen-bond acceptors (Lipinski definition) is 9. The Balaban J connectivity index is 1.32. The molecule has 0 aliphatic carbocycles. The fourth-order valence-electron chi connectivity index (χ4n) is 6.74. The molecule has 0 aliphatic heterocycles. The van der Waals surface area contributed by atoms with Crippen LogP contribution in [0.1, 0.15) is 85.4 Å². The summed E-state index contributed by atoms with van der Waals surface area (Å²) in [4.78, 5) is 31.7. The number of fused-ring (bicyclic) bond motifs is 2. The third kappa shape index (κ3) is 8.25. The van der Waals surface area contributed by atoms with E-state index < -0.39 is 11.9 Å². The van der Waals surface area contributed by atoms with Crippen LogP contribution in [0.3, 0.4) is 0 Å². The van der Waals surface area contributed by atoms with Crippen molar-refractivity contribution in [3.8, 4) is 33.0 Å². The molecule has 3 aromatic carbocycles. The number of thiophene rings is 4. The maximum atomic E-state index is 11.8. The van der Waals surface area contributed by atoms with Crippen LogP contribution >= 0.6 is 45.3 Å². The Morgan fingerprint density at radius 2 is 0.966 bits per heavy atom. The molecule has 0 atom stereocenters. The Morgan fingerprint density at radius 3 is 1.27 bits per heavy atom. The maximum Gasteiger partial charge on any atom is 0.346 e. The summed E-state index contributed by atoms with van der Waals surface area (Å²) in [5, 5.41) is 40.2. The van der Waals surface area contributed by atoms with Gasteiger partial charge in [0.2, 0.25) is 0 Å². The molecule has 0 bridgehead atoms. The highest BCUT2D eigenvalue weighted by molar-refractivity contribution is 7.28. The van der Waals surface area contributed by atoms with Gasteiger partial charge in [-0.25, -0.2) is 9.59 Å². The first-order chi connectivity index (χ1) is 28.1. The molecule has 4 aromatic heterocycles. The largest absolute Gasteiger partial charge is 0.477 e. The molecule has 0 fully saturated rings. The number of carboxylic acids is 2. The van der Waals surface area contributed by atoms with Gasteiger partial charge in [0, 0.05) is 47.3 Å². The zero-order chi connectivity index (χ0) is 42.3. The first kappa shape index (κ1) is 41.3. The Bertz CT molecular complexity index is 2710. The highest BCUT2D eigenvalue weighted by Gasteiger charge is 2.22. The summed E-state index contributed by atoms with van der Waals surface area (Å²) in [6.07, 6.45) is 2.97. The van der Waals surface area contributed by atoms with Crippen LogP contribution < -0.4 is 4.90 Å². The van der Waals surface area contributed by atoms with Gasteiger partial charge in [0.1, 0.15) is 23.3 Å². The molecule has 296 valence electrons. The minimum atomic E-state index is -1.25. The standard InChI is InChI=1S/C48H41N3O4S4/c1-26(2)38-22-36-40(20-30(24-49)46(52)53)58-42(44(36)56-38)28-8-14-33(15-9-28)51(35-18-12-32(13-19-35)48(5,6)7)34-16-10-29(11-17-34)43-45-37(23-39(57-45)27(3)4)41(59-43)21-31(25-50)47(54)55/h8-23,26-27H,1-7H3,(H,52,53)(H,54,55)/b30-20+,31-21+.